The normalized spacial score (nSPS) is 18.6. The Morgan fingerprint density at radius 3 is 2.34 bits per heavy atom. The molecule has 2 aromatic carbocycles. The summed E-state index contributed by atoms with van der Waals surface area (Å²) >= 11 is 6.12. The minimum absolute atomic E-state index is 0.206. The van der Waals surface area contributed by atoms with Gasteiger partial charge in [0.2, 0.25) is 0 Å². The van der Waals surface area contributed by atoms with Crippen LogP contribution in [0.25, 0.3) is 22.4 Å². The van der Waals surface area contributed by atoms with Crippen molar-refractivity contribution >= 4 is 17.6 Å². The van der Waals surface area contributed by atoms with Gasteiger partial charge >= 0.3 is 5.97 Å². The summed E-state index contributed by atoms with van der Waals surface area (Å²) < 4.78 is 7.47. The molecule has 1 aliphatic carbocycles. The Morgan fingerprint density at radius 1 is 1.03 bits per heavy atom. The van der Waals surface area contributed by atoms with E-state index in [2.05, 4.69) is 35.9 Å². The Balaban J connectivity index is 1.51. The number of halogens is 1. The van der Waals surface area contributed by atoms with Crippen LogP contribution in [0.1, 0.15) is 31.4 Å². The lowest BCUT2D eigenvalue weighted by Gasteiger charge is -2.28. The van der Waals surface area contributed by atoms with Crippen LogP contribution in [0.15, 0.2) is 54.6 Å². The molecular formula is C26H29ClN2O3. The molecule has 0 saturated heterocycles. The van der Waals surface area contributed by atoms with Gasteiger partial charge in [-0.2, -0.15) is 5.10 Å². The van der Waals surface area contributed by atoms with E-state index in [4.69, 9.17) is 26.5 Å². The van der Waals surface area contributed by atoms with E-state index in [1.807, 2.05) is 30.3 Å². The van der Waals surface area contributed by atoms with Crippen molar-refractivity contribution in [2.24, 2.45) is 11.8 Å². The molecule has 0 amide bonds. The van der Waals surface area contributed by atoms with Crippen molar-refractivity contribution in [3.8, 4) is 22.4 Å². The van der Waals surface area contributed by atoms with Crippen LogP contribution >= 0.6 is 11.6 Å². The average molecular weight is 453 g/mol. The number of rotatable bonds is 8. The summed E-state index contributed by atoms with van der Waals surface area (Å²) in [4.78, 5) is 10.6. The van der Waals surface area contributed by atoms with Crippen molar-refractivity contribution in [2.75, 3.05) is 13.2 Å². The molecule has 1 fully saturated rings. The summed E-state index contributed by atoms with van der Waals surface area (Å²) in [5.74, 6) is 0.110. The van der Waals surface area contributed by atoms with E-state index < -0.39 is 5.97 Å². The molecule has 1 N–H and O–H groups in total. The number of hydrogen-bond donors (Lipinski definition) is 1. The van der Waals surface area contributed by atoms with Gasteiger partial charge in [-0.1, -0.05) is 54.1 Å². The molecule has 0 spiro atoms. The Bertz CT molecular complexity index is 1040. The van der Waals surface area contributed by atoms with Crippen molar-refractivity contribution < 1.29 is 14.6 Å². The van der Waals surface area contributed by atoms with E-state index in [-0.39, 0.29) is 6.61 Å². The standard InChI is InChI=1S/C26H29ClN2O3/c1-18-25(21-5-3-2-4-6-21)26(22-11-13-23(27)14-12-22)28-29(18)15-19-7-9-20(10-8-19)16-32-17-24(30)31/h2-6,11-14,19-20H,7-10,15-17H2,1H3,(H,30,31)/t19-,20-. The van der Waals surface area contributed by atoms with Gasteiger partial charge in [0.15, 0.2) is 0 Å². The zero-order chi connectivity index (χ0) is 22.5. The van der Waals surface area contributed by atoms with Crippen LogP contribution < -0.4 is 0 Å². The second-order valence-corrected chi connectivity index (χ2v) is 9.10. The maximum absolute atomic E-state index is 10.6. The number of nitrogens with zero attached hydrogens (tertiary/aromatic N) is 2. The minimum atomic E-state index is -0.904. The molecule has 4 rings (SSSR count). The highest BCUT2D eigenvalue weighted by Crippen LogP contribution is 2.36. The Kier molecular flexibility index (Phi) is 7.28. The highest BCUT2D eigenvalue weighted by molar-refractivity contribution is 6.30. The van der Waals surface area contributed by atoms with Gasteiger partial charge in [0.25, 0.3) is 0 Å². The lowest BCUT2D eigenvalue weighted by atomic mass is 9.82. The van der Waals surface area contributed by atoms with Crippen molar-refractivity contribution in [3.05, 3.63) is 65.3 Å². The zero-order valence-corrected chi connectivity index (χ0v) is 19.1. The van der Waals surface area contributed by atoms with Gasteiger partial charge in [0, 0.05) is 28.4 Å². The van der Waals surface area contributed by atoms with Crippen molar-refractivity contribution in [2.45, 2.75) is 39.2 Å². The van der Waals surface area contributed by atoms with E-state index in [0.717, 1.165) is 48.5 Å². The molecule has 32 heavy (non-hydrogen) atoms. The summed E-state index contributed by atoms with van der Waals surface area (Å²) in [6.45, 7) is 3.38. The van der Waals surface area contributed by atoms with Gasteiger partial charge in [-0.05, 0) is 62.1 Å². The van der Waals surface area contributed by atoms with Gasteiger partial charge in [-0.25, -0.2) is 4.79 Å². The van der Waals surface area contributed by atoms with Crippen molar-refractivity contribution in [1.29, 1.82) is 0 Å². The van der Waals surface area contributed by atoms with Gasteiger partial charge in [0.05, 0.1) is 6.61 Å². The van der Waals surface area contributed by atoms with E-state index >= 15 is 0 Å². The fourth-order valence-corrected chi connectivity index (χ4v) is 4.75. The summed E-state index contributed by atoms with van der Waals surface area (Å²) in [7, 11) is 0. The molecule has 5 nitrogen and oxygen atoms in total. The maximum Gasteiger partial charge on any atom is 0.329 e. The third-order valence-corrected chi connectivity index (χ3v) is 6.62. The lowest BCUT2D eigenvalue weighted by Crippen LogP contribution is -2.23. The van der Waals surface area contributed by atoms with E-state index in [0.29, 0.717) is 18.4 Å². The SMILES string of the molecule is Cc1c(-c2ccccc2)c(-c2ccc(Cl)cc2)nn1C[C@H]1CC[C@H](COCC(=O)O)CC1. The average Bonchev–Trinajstić information content (AvgIpc) is 3.11. The Morgan fingerprint density at radius 2 is 1.69 bits per heavy atom. The number of carboxylic acids is 1. The van der Waals surface area contributed by atoms with Crippen LogP contribution in [0.4, 0.5) is 0 Å². The summed E-state index contributed by atoms with van der Waals surface area (Å²) in [6.07, 6.45) is 4.36. The molecule has 168 valence electrons. The fraction of sp³-hybridized carbons (Fsp3) is 0.385. The van der Waals surface area contributed by atoms with Crippen LogP contribution in [0, 0.1) is 18.8 Å². The molecule has 6 heteroatoms. The first-order valence-electron chi connectivity index (χ1n) is 11.2. The van der Waals surface area contributed by atoms with Crippen LogP contribution in [0.2, 0.25) is 5.02 Å². The summed E-state index contributed by atoms with van der Waals surface area (Å²) in [5.41, 5.74) is 5.56. The van der Waals surface area contributed by atoms with Crippen molar-refractivity contribution in [1.82, 2.24) is 9.78 Å². The smallest absolute Gasteiger partial charge is 0.329 e. The highest BCUT2D eigenvalue weighted by Gasteiger charge is 2.24. The van der Waals surface area contributed by atoms with Gasteiger partial charge in [-0.3, -0.25) is 4.68 Å². The molecule has 0 unspecified atom stereocenters. The molecule has 0 bridgehead atoms. The minimum Gasteiger partial charge on any atom is -0.480 e. The van der Waals surface area contributed by atoms with Crippen LogP contribution in [-0.2, 0) is 16.1 Å². The number of ether oxygens (including phenoxy) is 1. The molecular weight excluding hydrogens is 424 g/mol. The zero-order valence-electron chi connectivity index (χ0n) is 18.3. The monoisotopic (exact) mass is 452 g/mol. The number of aromatic nitrogens is 2. The number of benzene rings is 2. The number of aliphatic carboxylic acids is 1. The molecule has 1 saturated carbocycles. The second-order valence-electron chi connectivity index (χ2n) is 8.66. The van der Waals surface area contributed by atoms with Gasteiger partial charge in [-0.15, -0.1) is 0 Å². The first kappa shape index (κ1) is 22.6. The fourth-order valence-electron chi connectivity index (χ4n) is 4.62. The third-order valence-electron chi connectivity index (χ3n) is 6.36. The number of carbonyl (C=O) groups is 1. The van der Waals surface area contributed by atoms with Crippen molar-refractivity contribution in [3.63, 3.8) is 0 Å². The molecule has 1 heterocycles. The number of carboxylic acid groups (broad SMARTS) is 1. The summed E-state index contributed by atoms with van der Waals surface area (Å²) in [6, 6.07) is 18.3. The van der Waals surface area contributed by atoms with Crippen LogP contribution in [-0.4, -0.2) is 34.1 Å². The maximum atomic E-state index is 10.6. The molecule has 0 aliphatic heterocycles. The van der Waals surface area contributed by atoms with Gasteiger partial charge < -0.3 is 9.84 Å². The Hall–Kier alpha value is -2.63. The molecule has 0 radical (unpaired) electrons. The first-order chi connectivity index (χ1) is 15.5. The third kappa shape index (κ3) is 5.40. The van der Waals surface area contributed by atoms with E-state index in [9.17, 15) is 4.79 Å². The predicted octanol–water partition coefficient (Wildman–Crippen LogP) is 6.09. The molecule has 1 aromatic heterocycles. The number of hydrogen-bond acceptors (Lipinski definition) is 3. The highest BCUT2D eigenvalue weighted by atomic mass is 35.5. The summed E-state index contributed by atoms with van der Waals surface area (Å²) in [5, 5.41) is 14.5. The predicted molar refractivity (Wildman–Crippen MR) is 127 cm³/mol. The molecule has 3 aromatic rings. The molecule has 1 aliphatic rings. The Labute approximate surface area is 194 Å². The topological polar surface area (TPSA) is 64.4 Å². The quantitative estimate of drug-likeness (QED) is 0.449. The van der Waals surface area contributed by atoms with E-state index in [1.165, 1.54) is 16.8 Å². The van der Waals surface area contributed by atoms with E-state index in [1.54, 1.807) is 0 Å². The largest absolute Gasteiger partial charge is 0.480 e. The first-order valence-corrected chi connectivity index (χ1v) is 11.6. The second kappa shape index (κ2) is 10.3. The molecule has 0 atom stereocenters. The lowest BCUT2D eigenvalue weighted by molar-refractivity contribution is -0.142. The van der Waals surface area contributed by atoms with Crippen LogP contribution in [0.3, 0.4) is 0 Å². The van der Waals surface area contributed by atoms with Gasteiger partial charge in [0.1, 0.15) is 12.3 Å². The van der Waals surface area contributed by atoms with Crippen LogP contribution in [0.5, 0.6) is 0 Å².